The van der Waals surface area contributed by atoms with E-state index in [2.05, 4.69) is 15.2 Å². The van der Waals surface area contributed by atoms with Crippen molar-refractivity contribution in [3.8, 4) is 0 Å². The number of amides is 1. The van der Waals surface area contributed by atoms with Gasteiger partial charge in [0.15, 0.2) is 0 Å². The second-order valence-corrected chi connectivity index (χ2v) is 6.60. The summed E-state index contributed by atoms with van der Waals surface area (Å²) in [5.74, 6) is 1.27. The molecular weight excluding hydrogens is 288 g/mol. The highest BCUT2D eigenvalue weighted by molar-refractivity contribution is 5.94. The first kappa shape index (κ1) is 16.4. The lowest BCUT2D eigenvalue weighted by molar-refractivity contribution is -0.123. The van der Waals surface area contributed by atoms with E-state index in [4.69, 9.17) is 0 Å². The second-order valence-electron chi connectivity index (χ2n) is 6.60. The van der Waals surface area contributed by atoms with Crippen molar-refractivity contribution >= 4 is 11.7 Å². The summed E-state index contributed by atoms with van der Waals surface area (Å²) in [6.45, 7) is 5.88. The van der Waals surface area contributed by atoms with Crippen molar-refractivity contribution in [3.63, 3.8) is 0 Å². The van der Waals surface area contributed by atoms with Crippen molar-refractivity contribution in [1.29, 1.82) is 0 Å². The van der Waals surface area contributed by atoms with Crippen LogP contribution in [0, 0.1) is 5.92 Å². The molecule has 0 aromatic carbocycles. The fourth-order valence-electron chi connectivity index (χ4n) is 3.60. The van der Waals surface area contributed by atoms with Gasteiger partial charge in [-0.1, -0.05) is 25.3 Å². The number of rotatable bonds is 5. The highest BCUT2D eigenvalue weighted by Gasteiger charge is 2.27. The molecule has 1 saturated heterocycles. The Labute approximate surface area is 139 Å². The number of carbonyl (C=O) groups is 1. The van der Waals surface area contributed by atoms with Gasteiger partial charge in [0, 0.05) is 51.4 Å². The third kappa shape index (κ3) is 4.52. The quantitative estimate of drug-likeness (QED) is 0.901. The van der Waals surface area contributed by atoms with E-state index in [0.29, 0.717) is 0 Å². The fourth-order valence-corrected chi connectivity index (χ4v) is 3.60. The largest absolute Gasteiger partial charge is 0.314 e. The standard InChI is InChI=1S/C18H28N4O/c23-18(16-6-2-1-3-7-16)22(17-8-4-5-9-20-17)15-14-21-12-10-19-11-13-21/h4-5,8-9,16,19H,1-3,6-7,10-15H2. The van der Waals surface area contributed by atoms with Crippen LogP contribution in [0.3, 0.4) is 0 Å². The van der Waals surface area contributed by atoms with Crippen molar-refractivity contribution in [2.24, 2.45) is 5.92 Å². The van der Waals surface area contributed by atoms with E-state index in [1.165, 1.54) is 19.3 Å². The normalized spacial score (nSPS) is 20.3. The topological polar surface area (TPSA) is 48.5 Å². The summed E-state index contributed by atoms with van der Waals surface area (Å²) >= 11 is 0. The maximum Gasteiger partial charge on any atom is 0.231 e. The molecule has 2 fully saturated rings. The van der Waals surface area contributed by atoms with Crippen molar-refractivity contribution in [1.82, 2.24) is 15.2 Å². The molecular formula is C18H28N4O. The molecule has 0 atom stereocenters. The minimum absolute atomic E-state index is 0.189. The predicted octanol–water partition coefficient (Wildman–Crippen LogP) is 1.90. The first-order valence-electron chi connectivity index (χ1n) is 9.00. The summed E-state index contributed by atoms with van der Waals surface area (Å²) in [6.07, 6.45) is 7.50. The summed E-state index contributed by atoms with van der Waals surface area (Å²) < 4.78 is 0. The van der Waals surface area contributed by atoms with Gasteiger partial charge >= 0.3 is 0 Å². The molecule has 126 valence electrons. The second kappa shape index (κ2) is 8.41. The Morgan fingerprint density at radius 2 is 2.00 bits per heavy atom. The van der Waals surface area contributed by atoms with Gasteiger partial charge in [-0.25, -0.2) is 4.98 Å². The van der Waals surface area contributed by atoms with Crippen LogP contribution < -0.4 is 10.2 Å². The molecule has 2 aliphatic rings. The summed E-state index contributed by atoms with van der Waals surface area (Å²) in [7, 11) is 0. The highest BCUT2D eigenvalue weighted by atomic mass is 16.2. The Hall–Kier alpha value is -1.46. The molecule has 0 bridgehead atoms. The van der Waals surface area contributed by atoms with Gasteiger partial charge in [0.2, 0.25) is 5.91 Å². The molecule has 3 rings (SSSR count). The highest BCUT2D eigenvalue weighted by Crippen LogP contribution is 2.27. The molecule has 1 aliphatic heterocycles. The van der Waals surface area contributed by atoms with Gasteiger partial charge in [-0.2, -0.15) is 0 Å². The lowest BCUT2D eigenvalue weighted by Gasteiger charge is -2.32. The van der Waals surface area contributed by atoms with Gasteiger partial charge in [-0.3, -0.25) is 14.6 Å². The summed E-state index contributed by atoms with van der Waals surface area (Å²) in [4.78, 5) is 21.8. The van der Waals surface area contributed by atoms with E-state index in [0.717, 1.165) is 57.9 Å². The van der Waals surface area contributed by atoms with Gasteiger partial charge in [0.1, 0.15) is 5.82 Å². The van der Waals surface area contributed by atoms with Crippen molar-refractivity contribution in [3.05, 3.63) is 24.4 Å². The third-order valence-electron chi connectivity index (χ3n) is 5.00. The Kier molecular flexibility index (Phi) is 6.00. The molecule has 23 heavy (non-hydrogen) atoms. The zero-order valence-electron chi connectivity index (χ0n) is 13.9. The van der Waals surface area contributed by atoms with Crippen LogP contribution in [0.15, 0.2) is 24.4 Å². The van der Waals surface area contributed by atoms with Crippen LogP contribution in [0.5, 0.6) is 0 Å². The van der Waals surface area contributed by atoms with E-state index >= 15 is 0 Å². The van der Waals surface area contributed by atoms with Crippen LogP contribution in [0.25, 0.3) is 0 Å². The zero-order chi connectivity index (χ0) is 15.9. The first-order chi connectivity index (χ1) is 11.3. The lowest BCUT2D eigenvalue weighted by atomic mass is 9.88. The van der Waals surface area contributed by atoms with Crippen LogP contribution in [-0.4, -0.2) is 55.1 Å². The number of pyridine rings is 1. The number of carbonyl (C=O) groups excluding carboxylic acids is 1. The number of nitrogens with one attached hydrogen (secondary N) is 1. The van der Waals surface area contributed by atoms with Gasteiger partial charge in [-0.05, 0) is 25.0 Å². The van der Waals surface area contributed by atoms with Crippen LogP contribution in [-0.2, 0) is 4.79 Å². The molecule has 1 N–H and O–H groups in total. The van der Waals surface area contributed by atoms with Crippen molar-refractivity contribution in [2.45, 2.75) is 32.1 Å². The number of aromatic nitrogens is 1. The summed E-state index contributed by atoms with van der Waals surface area (Å²) in [5.41, 5.74) is 0. The summed E-state index contributed by atoms with van der Waals surface area (Å²) in [5, 5.41) is 3.37. The third-order valence-corrected chi connectivity index (χ3v) is 5.00. The molecule has 1 aromatic rings. The van der Waals surface area contributed by atoms with E-state index in [9.17, 15) is 4.79 Å². The van der Waals surface area contributed by atoms with Gasteiger partial charge in [0.05, 0.1) is 0 Å². The Morgan fingerprint density at radius 3 is 2.70 bits per heavy atom. The minimum atomic E-state index is 0.189. The molecule has 1 saturated carbocycles. The van der Waals surface area contributed by atoms with E-state index in [1.54, 1.807) is 6.20 Å². The number of hydrogen-bond donors (Lipinski definition) is 1. The maximum atomic E-state index is 13.0. The molecule has 1 aromatic heterocycles. The van der Waals surface area contributed by atoms with Gasteiger partial charge in [0.25, 0.3) is 0 Å². The Bertz CT molecular complexity index is 481. The Morgan fingerprint density at radius 1 is 1.22 bits per heavy atom. The van der Waals surface area contributed by atoms with E-state index < -0.39 is 0 Å². The zero-order valence-corrected chi connectivity index (χ0v) is 13.9. The molecule has 0 spiro atoms. The lowest BCUT2D eigenvalue weighted by Crippen LogP contribution is -2.48. The molecule has 0 radical (unpaired) electrons. The number of hydrogen-bond acceptors (Lipinski definition) is 4. The molecule has 5 heteroatoms. The minimum Gasteiger partial charge on any atom is -0.314 e. The summed E-state index contributed by atoms with van der Waals surface area (Å²) in [6, 6.07) is 5.83. The van der Waals surface area contributed by atoms with Crippen LogP contribution >= 0.6 is 0 Å². The molecule has 0 unspecified atom stereocenters. The van der Waals surface area contributed by atoms with E-state index in [1.807, 2.05) is 23.1 Å². The number of nitrogens with zero attached hydrogens (tertiary/aromatic N) is 3. The average Bonchev–Trinajstić information content (AvgIpc) is 2.64. The smallest absolute Gasteiger partial charge is 0.231 e. The molecule has 1 aliphatic carbocycles. The van der Waals surface area contributed by atoms with Crippen LogP contribution in [0.2, 0.25) is 0 Å². The van der Waals surface area contributed by atoms with Gasteiger partial charge in [-0.15, -0.1) is 0 Å². The van der Waals surface area contributed by atoms with Crippen LogP contribution in [0.1, 0.15) is 32.1 Å². The number of piperazine rings is 1. The predicted molar refractivity (Wildman–Crippen MR) is 92.5 cm³/mol. The molecule has 1 amide bonds. The van der Waals surface area contributed by atoms with Crippen molar-refractivity contribution < 1.29 is 4.79 Å². The molecule has 2 heterocycles. The van der Waals surface area contributed by atoms with E-state index in [-0.39, 0.29) is 11.8 Å². The maximum absolute atomic E-state index is 13.0. The number of anilines is 1. The Balaban J connectivity index is 1.66. The van der Waals surface area contributed by atoms with Crippen LogP contribution in [0.4, 0.5) is 5.82 Å². The SMILES string of the molecule is O=C(C1CCCCC1)N(CCN1CCNCC1)c1ccccn1. The average molecular weight is 316 g/mol. The van der Waals surface area contributed by atoms with Crippen molar-refractivity contribution in [2.75, 3.05) is 44.2 Å². The first-order valence-corrected chi connectivity index (χ1v) is 9.00. The monoisotopic (exact) mass is 316 g/mol. The van der Waals surface area contributed by atoms with Gasteiger partial charge < -0.3 is 5.32 Å². The fraction of sp³-hybridized carbons (Fsp3) is 0.667. The molecule has 5 nitrogen and oxygen atoms in total.